The highest BCUT2D eigenvalue weighted by Crippen LogP contribution is 2.40. The molecule has 24 heavy (non-hydrogen) atoms. The molecule has 5 heteroatoms. The van der Waals surface area contributed by atoms with Gasteiger partial charge in [-0.25, -0.2) is 4.39 Å². The molecule has 1 fully saturated rings. The molecule has 1 atom stereocenters. The van der Waals surface area contributed by atoms with Crippen LogP contribution in [0.5, 0.6) is 0 Å². The molecule has 1 aliphatic heterocycles. The minimum atomic E-state index is -4.44. The number of alkyl halides is 3. The van der Waals surface area contributed by atoms with Crippen molar-refractivity contribution in [2.75, 3.05) is 0 Å². The van der Waals surface area contributed by atoms with E-state index >= 15 is 0 Å². The molecule has 134 valence electrons. The maximum atomic E-state index is 14.4. The molecule has 2 aliphatic rings. The molecule has 1 aliphatic carbocycles. The predicted octanol–water partition coefficient (Wildman–Crippen LogP) is 5.90. The average molecular weight is 344 g/mol. The zero-order valence-electron chi connectivity index (χ0n) is 14.0. The summed E-state index contributed by atoms with van der Waals surface area (Å²) in [6.45, 7) is 2.04. The molecule has 0 radical (unpaired) electrons. The zero-order valence-corrected chi connectivity index (χ0v) is 14.0. The Morgan fingerprint density at radius 3 is 2.46 bits per heavy atom. The van der Waals surface area contributed by atoms with Gasteiger partial charge in [-0.1, -0.05) is 25.8 Å². The first-order chi connectivity index (χ1) is 11.4. The van der Waals surface area contributed by atoms with Crippen LogP contribution in [0.25, 0.3) is 0 Å². The molecule has 1 heterocycles. The van der Waals surface area contributed by atoms with Gasteiger partial charge >= 0.3 is 6.18 Å². The molecular weight excluding hydrogens is 320 g/mol. The number of benzene rings is 1. The fourth-order valence-corrected chi connectivity index (χ4v) is 4.15. The molecular formula is C19H24F4O. The van der Waals surface area contributed by atoms with Crippen LogP contribution in [-0.4, -0.2) is 12.3 Å². The Balaban J connectivity index is 1.74. The van der Waals surface area contributed by atoms with Crippen LogP contribution in [0.3, 0.4) is 0 Å². The number of rotatable bonds is 3. The van der Waals surface area contributed by atoms with Crippen molar-refractivity contribution in [2.24, 2.45) is 5.92 Å². The van der Waals surface area contributed by atoms with E-state index in [1.54, 1.807) is 0 Å². The van der Waals surface area contributed by atoms with Crippen LogP contribution in [0, 0.1) is 11.7 Å². The molecule has 1 unspecified atom stereocenters. The summed E-state index contributed by atoms with van der Waals surface area (Å²) in [7, 11) is 0. The molecule has 0 N–H and O–H groups in total. The van der Waals surface area contributed by atoms with Crippen molar-refractivity contribution in [3.63, 3.8) is 0 Å². The van der Waals surface area contributed by atoms with Crippen molar-refractivity contribution >= 4 is 0 Å². The Morgan fingerprint density at radius 1 is 1.12 bits per heavy atom. The van der Waals surface area contributed by atoms with Crippen molar-refractivity contribution in [3.8, 4) is 0 Å². The quantitative estimate of drug-likeness (QED) is 0.620. The molecule has 0 saturated heterocycles. The largest absolute Gasteiger partial charge is 0.414 e. The molecule has 1 aromatic rings. The topological polar surface area (TPSA) is 9.23 Å². The predicted molar refractivity (Wildman–Crippen MR) is 84.3 cm³/mol. The first-order valence-corrected chi connectivity index (χ1v) is 8.88. The van der Waals surface area contributed by atoms with Crippen LogP contribution in [-0.2, 0) is 17.8 Å². The van der Waals surface area contributed by atoms with E-state index in [2.05, 4.69) is 6.92 Å². The first kappa shape index (κ1) is 17.7. The lowest BCUT2D eigenvalue weighted by Crippen LogP contribution is -2.37. The monoisotopic (exact) mass is 344 g/mol. The van der Waals surface area contributed by atoms with E-state index in [1.165, 1.54) is 18.9 Å². The summed E-state index contributed by atoms with van der Waals surface area (Å²) in [5.74, 6) is 0.582. The SMILES string of the molecule is CCCC1CCC(c2cc(F)c3c(c2)COC(C(F)(F)F)C3)CC1. The second-order valence-electron chi connectivity index (χ2n) is 7.19. The summed E-state index contributed by atoms with van der Waals surface area (Å²) in [5, 5.41) is 0. The molecule has 1 aromatic carbocycles. The highest BCUT2D eigenvalue weighted by molar-refractivity contribution is 5.37. The van der Waals surface area contributed by atoms with Gasteiger partial charge in [-0.3, -0.25) is 0 Å². The Hall–Kier alpha value is -1.10. The third kappa shape index (κ3) is 3.76. The van der Waals surface area contributed by atoms with Crippen molar-refractivity contribution in [2.45, 2.75) is 76.7 Å². The maximum Gasteiger partial charge on any atom is 0.414 e. The number of hydrogen-bond donors (Lipinski definition) is 0. The van der Waals surface area contributed by atoms with Gasteiger partial charge in [0, 0.05) is 6.42 Å². The van der Waals surface area contributed by atoms with Gasteiger partial charge in [0.15, 0.2) is 6.10 Å². The summed E-state index contributed by atoms with van der Waals surface area (Å²) < 4.78 is 57.7. The minimum Gasteiger partial charge on any atom is -0.364 e. The van der Waals surface area contributed by atoms with Gasteiger partial charge in [0.05, 0.1) is 6.61 Å². The van der Waals surface area contributed by atoms with Crippen molar-refractivity contribution in [1.29, 1.82) is 0 Å². The Labute approximate surface area is 140 Å². The fourth-order valence-electron chi connectivity index (χ4n) is 4.15. The van der Waals surface area contributed by atoms with E-state index in [1.807, 2.05) is 6.07 Å². The lowest BCUT2D eigenvalue weighted by Gasteiger charge is -2.31. The lowest BCUT2D eigenvalue weighted by atomic mass is 9.76. The van der Waals surface area contributed by atoms with Gasteiger partial charge in [0.2, 0.25) is 0 Å². The second kappa shape index (κ2) is 7.03. The third-order valence-corrected chi connectivity index (χ3v) is 5.52. The van der Waals surface area contributed by atoms with Crippen LogP contribution in [0.2, 0.25) is 0 Å². The van der Waals surface area contributed by atoms with E-state index < -0.39 is 24.5 Å². The van der Waals surface area contributed by atoms with Gasteiger partial charge in [0.1, 0.15) is 5.82 Å². The molecule has 1 nitrogen and oxygen atoms in total. The van der Waals surface area contributed by atoms with E-state index in [0.29, 0.717) is 11.5 Å². The van der Waals surface area contributed by atoms with Crippen LogP contribution in [0.15, 0.2) is 12.1 Å². The van der Waals surface area contributed by atoms with E-state index in [-0.39, 0.29) is 12.2 Å². The average Bonchev–Trinajstić information content (AvgIpc) is 2.54. The van der Waals surface area contributed by atoms with Gasteiger partial charge in [0.25, 0.3) is 0 Å². The van der Waals surface area contributed by atoms with Crippen LogP contribution in [0.4, 0.5) is 17.6 Å². The summed E-state index contributed by atoms with van der Waals surface area (Å²) >= 11 is 0. The highest BCUT2D eigenvalue weighted by Gasteiger charge is 2.43. The van der Waals surface area contributed by atoms with Gasteiger partial charge in [-0.2, -0.15) is 13.2 Å². The van der Waals surface area contributed by atoms with Crippen LogP contribution in [0.1, 0.15) is 68.1 Å². The maximum absolute atomic E-state index is 14.4. The summed E-state index contributed by atoms with van der Waals surface area (Å²) in [4.78, 5) is 0. The summed E-state index contributed by atoms with van der Waals surface area (Å²) in [5.41, 5.74) is 1.68. The van der Waals surface area contributed by atoms with Crippen LogP contribution >= 0.6 is 0 Å². The minimum absolute atomic E-state index is 0.157. The summed E-state index contributed by atoms with van der Waals surface area (Å²) in [6.07, 6.45) is 0.0693. The van der Waals surface area contributed by atoms with Gasteiger partial charge in [-0.15, -0.1) is 0 Å². The van der Waals surface area contributed by atoms with Gasteiger partial charge < -0.3 is 4.74 Å². The molecule has 3 rings (SSSR count). The number of ether oxygens (including phenoxy) is 1. The normalized spacial score (nSPS) is 27.8. The molecule has 0 spiro atoms. The first-order valence-electron chi connectivity index (χ1n) is 8.88. The zero-order chi connectivity index (χ0) is 17.3. The van der Waals surface area contributed by atoms with Crippen LogP contribution < -0.4 is 0 Å². The molecule has 1 saturated carbocycles. The summed E-state index contributed by atoms with van der Waals surface area (Å²) in [6, 6.07) is 3.33. The Kier molecular flexibility index (Phi) is 5.19. The van der Waals surface area contributed by atoms with Crippen molar-refractivity contribution in [1.82, 2.24) is 0 Å². The number of fused-ring (bicyclic) bond motifs is 1. The third-order valence-electron chi connectivity index (χ3n) is 5.52. The van der Waals surface area contributed by atoms with E-state index in [9.17, 15) is 17.6 Å². The van der Waals surface area contributed by atoms with Crippen molar-refractivity contribution in [3.05, 3.63) is 34.6 Å². The van der Waals surface area contributed by atoms with E-state index in [0.717, 1.165) is 37.2 Å². The smallest absolute Gasteiger partial charge is 0.364 e. The van der Waals surface area contributed by atoms with Crippen molar-refractivity contribution < 1.29 is 22.3 Å². The number of hydrogen-bond acceptors (Lipinski definition) is 1. The lowest BCUT2D eigenvalue weighted by molar-refractivity contribution is -0.226. The Morgan fingerprint density at radius 2 is 1.83 bits per heavy atom. The molecule has 0 amide bonds. The second-order valence-corrected chi connectivity index (χ2v) is 7.19. The van der Waals surface area contributed by atoms with Gasteiger partial charge in [-0.05, 0) is 60.3 Å². The fraction of sp³-hybridized carbons (Fsp3) is 0.684. The van der Waals surface area contributed by atoms with E-state index in [4.69, 9.17) is 4.74 Å². The Bertz CT molecular complexity index is 573. The number of halogens is 4. The molecule has 0 bridgehead atoms. The standard InChI is InChI=1S/C19H24F4O/c1-2-3-12-4-6-13(7-5-12)14-8-15-11-24-18(19(21,22)23)10-16(15)17(20)9-14/h8-9,12-13,18H,2-7,10-11H2,1H3. The molecule has 0 aromatic heterocycles. The highest BCUT2D eigenvalue weighted by atomic mass is 19.4.